The van der Waals surface area contributed by atoms with Crippen LogP contribution in [0.5, 0.6) is 0 Å². The van der Waals surface area contributed by atoms with Crippen LogP contribution in [0.25, 0.3) is 0 Å². The lowest BCUT2D eigenvalue weighted by molar-refractivity contribution is 0.00601. The van der Waals surface area contributed by atoms with E-state index in [4.69, 9.17) is 9.47 Å². The third kappa shape index (κ3) is 6.16. The summed E-state index contributed by atoms with van der Waals surface area (Å²) in [5.41, 5.74) is 1.72. The fourth-order valence-electron chi connectivity index (χ4n) is 2.12. The molecule has 0 aliphatic carbocycles. The molecule has 1 aromatic carbocycles. The van der Waals surface area contributed by atoms with E-state index in [1.165, 1.54) is 12.7 Å². The third-order valence-electron chi connectivity index (χ3n) is 3.16. The molecule has 122 valence electrons. The average molecular weight is 308 g/mol. The van der Waals surface area contributed by atoms with E-state index in [1.54, 1.807) is 26.0 Å². The number of rotatable bonds is 7. The summed E-state index contributed by atoms with van der Waals surface area (Å²) in [4.78, 5) is 23.0. The highest BCUT2D eigenvalue weighted by atomic mass is 16.7. The second-order valence-electron chi connectivity index (χ2n) is 5.28. The van der Waals surface area contributed by atoms with Crippen LogP contribution >= 0.6 is 0 Å². The molecule has 0 saturated heterocycles. The number of ether oxygens (including phenoxy) is 3. The van der Waals surface area contributed by atoms with Crippen LogP contribution < -0.4 is 0 Å². The summed E-state index contributed by atoms with van der Waals surface area (Å²) in [5.74, 6) is -0.374. The number of esters is 1. The van der Waals surface area contributed by atoms with Gasteiger partial charge in [0.15, 0.2) is 0 Å². The molecule has 5 heteroatoms. The zero-order valence-electron chi connectivity index (χ0n) is 13.6. The smallest absolute Gasteiger partial charge is 0.459 e. The maximum absolute atomic E-state index is 12.0. The molecule has 0 spiro atoms. The van der Waals surface area contributed by atoms with Crippen LogP contribution in [0, 0.1) is 0 Å². The lowest BCUT2D eigenvalue weighted by Gasteiger charge is -2.18. The monoisotopic (exact) mass is 308 g/mol. The Bertz CT molecular complexity index is 480. The summed E-state index contributed by atoms with van der Waals surface area (Å²) in [6, 6.07) is 7.42. The van der Waals surface area contributed by atoms with Gasteiger partial charge in [-0.1, -0.05) is 25.5 Å². The van der Waals surface area contributed by atoms with Crippen molar-refractivity contribution in [3.63, 3.8) is 0 Å². The Morgan fingerprint density at radius 3 is 2.18 bits per heavy atom. The number of benzene rings is 1. The lowest BCUT2D eigenvalue weighted by atomic mass is 10.1. The summed E-state index contributed by atoms with van der Waals surface area (Å²) < 4.78 is 14.7. The van der Waals surface area contributed by atoms with Crippen molar-refractivity contribution in [2.75, 3.05) is 7.11 Å². The molecule has 0 aliphatic rings. The zero-order valence-corrected chi connectivity index (χ0v) is 13.6. The molecule has 0 heterocycles. The highest BCUT2D eigenvalue weighted by Crippen LogP contribution is 2.12. The molecule has 0 amide bonds. The number of hydrogen-bond acceptors (Lipinski definition) is 5. The fourth-order valence-corrected chi connectivity index (χ4v) is 2.12. The molecule has 0 N–H and O–H groups in total. The maximum Gasteiger partial charge on any atom is 0.508 e. The first-order chi connectivity index (χ1) is 10.5. The van der Waals surface area contributed by atoms with Gasteiger partial charge in [-0.25, -0.2) is 9.59 Å². The molecule has 22 heavy (non-hydrogen) atoms. The van der Waals surface area contributed by atoms with Gasteiger partial charge in [0, 0.05) is 6.42 Å². The van der Waals surface area contributed by atoms with Crippen LogP contribution in [0.2, 0.25) is 0 Å². The Balaban J connectivity index is 2.47. The Morgan fingerprint density at radius 2 is 1.64 bits per heavy atom. The zero-order chi connectivity index (χ0) is 16.5. The van der Waals surface area contributed by atoms with E-state index in [1.807, 2.05) is 12.1 Å². The lowest BCUT2D eigenvalue weighted by Crippen LogP contribution is -2.23. The molecule has 0 radical (unpaired) electrons. The molecule has 0 saturated carbocycles. The van der Waals surface area contributed by atoms with Crippen molar-refractivity contribution < 1.29 is 23.8 Å². The second kappa shape index (κ2) is 9.07. The SMILES string of the molecule is CCCc1ccc(C(=O)OC(C)CC(C)OC(=O)OC)cc1. The minimum atomic E-state index is -0.738. The topological polar surface area (TPSA) is 61.8 Å². The van der Waals surface area contributed by atoms with Gasteiger partial charge in [-0.15, -0.1) is 0 Å². The Labute approximate surface area is 131 Å². The van der Waals surface area contributed by atoms with Gasteiger partial charge in [0.25, 0.3) is 0 Å². The predicted molar refractivity (Wildman–Crippen MR) is 82.9 cm³/mol. The first-order valence-electron chi connectivity index (χ1n) is 7.50. The molecule has 0 aromatic heterocycles. The molecule has 5 nitrogen and oxygen atoms in total. The van der Waals surface area contributed by atoms with Crippen molar-refractivity contribution in [1.29, 1.82) is 0 Å². The minimum Gasteiger partial charge on any atom is -0.459 e. The number of carbonyl (C=O) groups is 2. The molecular weight excluding hydrogens is 284 g/mol. The van der Waals surface area contributed by atoms with Crippen molar-refractivity contribution in [3.05, 3.63) is 35.4 Å². The van der Waals surface area contributed by atoms with Crippen molar-refractivity contribution in [3.8, 4) is 0 Å². The first-order valence-corrected chi connectivity index (χ1v) is 7.50. The van der Waals surface area contributed by atoms with E-state index in [9.17, 15) is 9.59 Å². The van der Waals surface area contributed by atoms with Crippen molar-refractivity contribution in [2.45, 2.75) is 52.2 Å². The highest BCUT2D eigenvalue weighted by Gasteiger charge is 2.17. The van der Waals surface area contributed by atoms with E-state index < -0.39 is 6.16 Å². The van der Waals surface area contributed by atoms with E-state index in [0.717, 1.165) is 12.8 Å². The summed E-state index contributed by atoms with van der Waals surface area (Å²) in [6.07, 6.45) is 0.990. The molecule has 1 rings (SSSR count). The Kier molecular flexibility index (Phi) is 7.43. The van der Waals surface area contributed by atoms with Crippen molar-refractivity contribution in [1.82, 2.24) is 0 Å². The fraction of sp³-hybridized carbons (Fsp3) is 0.529. The number of aryl methyl sites for hydroxylation is 1. The number of hydrogen-bond donors (Lipinski definition) is 0. The maximum atomic E-state index is 12.0. The van der Waals surface area contributed by atoms with Gasteiger partial charge < -0.3 is 14.2 Å². The summed E-state index contributed by atoms with van der Waals surface area (Å²) in [7, 11) is 1.25. The first kappa shape index (κ1) is 18.0. The molecule has 0 fully saturated rings. The van der Waals surface area contributed by atoms with E-state index in [0.29, 0.717) is 12.0 Å². The van der Waals surface area contributed by atoms with Gasteiger partial charge in [-0.3, -0.25) is 0 Å². The summed E-state index contributed by atoms with van der Waals surface area (Å²) >= 11 is 0. The summed E-state index contributed by atoms with van der Waals surface area (Å²) in [5, 5.41) is 0. The van der Waals surface area contributed by atoms with E-state index in [2.05, 4.69) is 11.7 Å². The normalized spacial score (nSPS) is 13.1. The van der Waals surface area contributed by atoms with Crippen LogP contribution in [-0.4, -0.2) is 31.4 Å². The van der Waals surface area contributed by atoms with Crippen molar-refractivity contribution >= 4 is 12.1 Å². The van der Waals surface area contributed by atoms with Gasteiger partial charge in [0.05, 0.1) is 12.7 Å². The van der Waals surface area contributed by atoms with Crippen LogP contribution in [0.1, 0.15) is 49.5 Å². The average Bonchev–Trinajstić information content (AvgIpc) is 2.47. The van der Waals surface area contributed by atoms with Gasteiger partial charge in [-0.2, -0.15) is 0 Å². The second-order valence-corrected chi connectivity index (χ2v) is 5.28. The highest BCUT2D eigenvalue weighted by molar-refractivity contribution is 5.89. The Morgan fingerprint density at radius 1 is 1.05 bits per heavy atom. The molecule has 0 aliphatic heterocycles. The molecule has 0 bridgehead atoms. The van der Waals surface area contributed by atoms with Crippen molar-refractivity contribution in [2.24, 2.45) is 0 Å². The van der Waals surface area contributed by atoms with Gasteiger partial charge in [0.1, 0.15) is 12.2 Å². The van der Waals surface area contributed by atoms with Crippen LogP contribution in [0.4, 0.5) is 4.79 Å². The van der Waals surface area contributed by atoms with E-state index >= 15 is 0 Å². The van der Waals surface area contributed by atoms with Crippen LogP contribution in [0.3, 0.4) is 0 Å². The molecular formula is C17H24O5. The number of carbonyl (C=O) groups excluding carboxylic acids is 2. The Hall–Kier alpha value is -2.04. The molecule has 1 aromatic rings. The number of methoxy groups -OCH3 is 1. The van der Waals surface area contributed by atoms with Gasteiger partial charge in [0.2, 0.25) is 0 Å². The summed E-state index contributed by atoms with van der Waals surface area (Å²) in [6.45, 7) is 5.60. The minimum absolute atomic E-state index is 0.359. The van der Waals surface area contributed by atoms with E-state index in [-0.39, 0.29) is 18.2 Å². The standard InChI is InChI=1S/C17H24O5/c1-5-6-14-7-9-15(10-8-14)16(18)21-12(2)11-13(3)22-17(19)20-4/h7-10,12-13H,5-6,11H2,1-4H3. The van der Waals surface area contributed by atoms with Gasteiger partial charge in [-0.05, 0) is 38.0 Å². The predicted octanol–water partition coefficient (Wildman–Crippen LogP) is 3.75. The quantitative estimate of drug-likeness (QED) is 0.718. The third-order valence-corrected chi connectivity index (χ3v) is 3.16. The van der Waals surface area contributed by atoms with Gasteiger partial charge >= 0.3 is 12.1 Å². The van der Waals surface area contributed by atoms with Crippen LogP contribution in [-0.2, 0) is 20.6 Å². The molecule has 2 atom stereocenters. The molecule has 2 unspecified atom stereocenters. The largest absolute Gasteiger partial charge is 0.508 e. The van der Waals surface area contributed by atoms with Crippen LogP contribution in [0.15, 0.2) is 24.3 Å².